The first-order valence-electron chi connectivity index (χ1n) is 16.3. The van der Waals surface area contributed by atoms with Gasteiger partial charge in [-0.05, 0) is 87.7 Å². The van der Waals surface area contributed by atoms with E-state index in [2.05, 4.69) is 29.8 Å². The van der Waals surface area contributed by atoms with E-state index in [1.807, 2.05) is 0 Å². The maximum Gasteiger partial charge on any atom is 0.317 e. The molecule has 2 aliphatic rings. The zero-order chi connectivity index (χ0) is 32.1. The van der Waals surface area contributed by atoms with Crippen LogP contribution in [0.25, 0.3) is 0 Å². The second-order valence-electron chi connectivity index (χ2n) is 12.7. The highest BCUT2D eigenvalue weighted by atomic mass is 16.4. The maximum absolute atomic E-state index is 13.4. The van der Waals surface area contributed by atoms with E-state index >= 15 is 0 Å². The molecule has 6 N–H and O–H groups in total. The zero-order valence-electron chi connectivity index (χ0n) is 26.3. The number of aliphatic carboxylic acids is 1. The Kier molecular flexibility index (Phi) is 14.3. The lowest BCUT2D eigenvalue weighted by Crippen LogP contribution is -2.55. The van der Waals surface area contributed by atoms with Crippen LogP contribution in [-0.4, -0.2) is 71.8 Å². The molecule has 1 aromatic carbocycles. The van der Waals surface area contributed by atoms with Crippen molar-refractivity contribution in [1.82, 2.24) is 15.5 Å². The highest BCUT2D eigenvalue weighted by molar-refractivity contribution is 6.02. The summed E-state index contributed by atoms with van der Waals surface area (Å²) in [7, 11) is 0. The maximum atomic E-state index is 13.4. The van der Waals surface area contributed by atoms with E-state index in [-0.39, 0.29) is 23.9 Å². The fourth-order valence-corrected chi connectivity index (χ4v) is 6.06. The zero-order valence-corrected chi connectivity index (χ0v) is 26.3. The summed E-state index contributed by atoms with van der Waals surface area (Å²) in [6.07, 6.45) is 7.44. The van der Waals surface area contributed by atoms with Crippen molar-refractivity contribution in [3.63, 3.8) is 0 Å². The van der Waals surface area contributed by atoms with Crippen LogP contribution in [0.5, 0.6) is 0 Å². The van der Waals surface area contributed by atoms with Crippen molar-refractivity contribution < 1.29 is 29.1 Å². The van der Waals surface area contributed by atoms with Crippen molar-refractivity contribution >= 4 is 35.2 Å². The van der Waals surface area contributed by atoms with Gasteiger partial charge in [0.1, 0.15) is 5.92 Å². The highest BCUT2D eigenvalue weighted by Gasteiger charge is 2.40. The molecule has 244 valence electrons. The Labute approximate surface area is 261 Å². The molecule has 1 unspecified atom stereocenters. The first-order valence-corrected chi connectivity index (χ1v) is 16.3. The summed E-state index contributed by atoms with van der Waals surface area (Å²) in [5.74, 6) is -3.86. The number of hydrogen-bond donors (Lipinski definition) is 5. The molecule has 1 aromatic rings. The number of carboxylic acids is 1. The van der Waals surface area contributed by atoms with Gasteiger partial charge in [0.05, 0.1) is 6.17 Å². The molecule has 0 aromatic heterocycles. The smallest absolute Gasteiger partial charge is 0.317 e. The van der Waals surface area contributed by atoms with E-state index in [0.717, 1.165) is 58.0 Å². The number of anilines is 1. The second kappa shape index (κ2) is 17.9. The number of nitrogens with one attached hydrogen (secondary N) is 3. The van der Waals surface area contributed by atoms with E-state index in [4.69, 9.17) is 5.73 Å². The topological polar surface area (TPSA) is 171 Å². The van der Waals surface area contributed by atoms with Gasteiger partial charge in [0.15, 0.2) is 5.78 Å². The summed E-state index contributed by atoms with van der Waals surface area (Å²) in [6.45, 7) is 7.01. The van der Waals surface area contributed by atoms with Gasteiger partial charge in [0, 0.05) is 43.1 Å². The van der Waals surface area contributed by atoms with Gasteiger partial charge in [-0.15, -0.1) is 0 Å². The molecule has 0 saturated carbocycles. The quantitative estimate of drug-likeness (QED) is 0.107. The van der Waals surface area contributed by atoms with Gasteiger partial charge in [-0.3, -0.25) is 24.0 Å². The Morgan fingerprint density at radius 1 is 1.00 bits per heavy atom. The molecule has 0 spiro atoms. The van der Waals surface area contributed by atoms with Crippen molar-refractivity contribution in [3.05, 3.63) is 29.8 Å². The summed E-state index contributed by atoms with van der Waals surface area (Å²) in [5, 5.41) is 18.5. The number of amides is 3. The Morgan fingerprint density at radius 3 is 2.36 bits per heavy atom. The van der Waals surface area contributed by atoms with E-state index in [1.165, 1.54) is 12.1 Å². The number of likely N-dealkylation sites (tertiary alicyclic amines) is 1. The number of carbonyl (C=O) groups excluding carboxylic acids is 4. The standard InChI is InChI=1S/C33H51N5O6/c1-22(2)7-4-3-5-9-27(39)36-26-13-11-24(12-14-26)32(42)37-31(34)29(33(43)44)30(41)25-8-6-20-38(21-25)28(40)15-10-23-16-18-35-19-17-23/h11-14,22-23,25,29,31,35H,3-10,15-21,34H2,1-2H3,(H,36,39)(H,37,42)(H,43,44)/t25-,29?,31-/m1/s1. The van der Waals surface area contributed by atoms with Crippen molar-refractivity contribution in [1.29, 1.82) is 0 Å². The average Bonchev–Trinajstić information content (AvgIpc) is 3.00. The van der Waals surface area contributed by atoms with Crippen LogP contribution >= 0.6 is 0 Å². The van der Waals surface area contributed by atoms with Crippen LogP contribution in [0.4, 0.5) is 5.69 Å². The average molecular weight is 614 g/mol. The largest absolute Gasteiger partial charge is 0.481 e. The molecule has 11 nitrogen and oxygen atoms in total. The number of hydrogen-bond acceptors (Lipinski definition) is 7. The van der Waals surface area contributed by atoms with Gasteiger partial charge in [-0.25, -0.2) is 0 Å². The predicted molar refractivity (Wildman–Crippen MR) is 169 cm³/mol. The summed E-state index contributed by atoms with van der Waals surface area (Å²) >= 11 is 0. The summed E-state index contributed by atoms with van der Waals surface area (Å²) in [6, 6.07) is 6.20. The molecule has 3 rings (SSSR count). The Balaban J connectivity index is 1.49. The molecule has 0 aliphatic carbocycles. The lowest BCUT2D eigenvalue weighted by atomic mass is 9.85. The van der Waals surface area contributed by atoms with Crippen LogP contribution in [0.15, 0.2) is 24.3 Å². The molecule has 2 aliphatic heterocycles. The number of unbranched alkanes of at least 4 members (excludes halogenated alkanes) is 2. The molecule has 11 heteroatoms. The van der Waals surface area contributed by atoms with Crippen molar-refractivity contribution in [2.24, 2.45) is 29.4 Å². The fourth-order valence-electron chi connectivity index (χ4n) is 6.06. The number of nitrogens with two attached hydrogens (primary N) is 1. The molecule has 3 atom stereocenters. The molecule has 0 radical (unpaired) electrons. The van der Waals surface area contributed by atoms with Crippen LogP contribution < -0.4 is 21.7 Å². The Morgan fingerprint density at radius 2 is 1.70 bits per heavy atom. The minimum Gasteiger partial charge on any atom is -0.481 e. The molecular weight excluding hydrogens is 562 g/mol. The van der Waals surface area contributed by atoms with Gasteiger partial charge in [0.2, 0.25) is 11.8 Å². The molecule has 0 bridgehead atoms. The van der Waals surface area contributed by atoms with Crippen LogP contribution in [0, 0.1) is 23.7 Å². The summed E-state index contributed by atoms with van der Waals surface area (Å²) < 4.78 is 0. The number of ketones is 1. The summed E-state index contributed by atoms with van der Waals surface area (Å²) in [5.41, 5.74) is 6.85. The fraction of sp³-hybridized carbons (Fsp3) is 0.667. The molecule has 44 heavy (non-hydrogen) atoms. The van der Waals surface area contributed by atoms with Crippen LogP contribution in [0.2, 0.25) is 0 Å². The van der Waals surface area contributed by atoms with Gasteiger partial charge < -0.3 is 31.7 Å². The van der Waals surface area contributed by atoms with E-state index in [1.54, 1.807) is 17.0 Å². The van der Waals surface area contributed by atoms with Gasteiger partial charge in [-0.1, -0.05) is 33.1 Å². The van der Waals surface area contributed by atoms with Crippen molar-refractivity contribution in [2.45, 2.75) is 90.6 Å². The van der Waals surface area contributed by atoms with Crippen LogP contribution in [-0.2, 0) is 19.2 Å². The number of benzene rings is 1. The van der Waals surface area contributed by atoms with Gasteiger partial charge in [0.25, 0.3) is 5.91 Å². The van der Waals surface area contributed by atoms with Crippen LogP contribution in [0.3, 0.4) is 0 Å². The molecule has 3 amide bonds. The SMILES string of the molecule is CC(C)CCCCCC(=O)Nc1ccc(C(=O)N[C@@H](N)C(C(=O)O)C(=O)[C@@H]2CCCN(C(=O)CCC3CCNCC3)C2)cc1. The Hall–Kier alpha value is -3.31. The normalized spacial score (nSPS) is 18.8. The first kappa shape index (κ1) is 35.2. The van der Waals surface area contributed by atoms with Gasteiger partial charge in [-0.2, -0.15) is 0 Å². The lowest BCUT2D eigenvalue weighted by molar-refractivity contribution is -0.149. The lowest BCUT2D eigenvalue weighted by Gasteiger charge is -2.34. The number of Topliss-reactive ketones (excluding diaryl/α,β-unsaturated/α-hetero) is 1. The monoisotopic (exact) mass is 613 g/mol. The highest BCUT2D eigenvalue weighted by Crippen LogP contribution is 2.24. The second-order valence-corrected chi connectivity index (χ2v) is 12.7. The van der Waals surface area contributed by atoms with Crippen molar-refractivity contribution in [2.75, 3.05) is 31.5 Å². The van der Waals surface area contributed by atoms with E-state index < -0.39 is 35.7 Å². The third-order valence-corrected chi connectivity index (χ3v) is 8.75. The molecule has 2 saturated heterocycles. The van der Waals surface area contributed by atoms with Crippen molar-refractivity contribution in [3.8, 4) is 0 Å². The third-order valence-electron chi connectivity index (χ3n) is 8.75. The molecular formula is C33H51N5O6. The number of nitrogens with zero attached hydrogens (tertiary/aromatic N) is 1. The van der Waals surface area contributed by atoms with E-state index in [0.29, 0.717) is 49.8 Å². The number of rotatable bonds is 16. The summed E-state index contributed by atoms with van der Waals surface area (Å²) in [4.78, 5) is 65.2. The minimum absolute atomic E-state index is 0.00761. The minimum atomic E-state index is -1.65. The number of piperidine rings is 2. The number of carboxylic acid groups (broad SMARTS) is 1. The van der Waals surface area contributed by atoms with E-state index in [9.17, 15) is 29.1 Å². The van der Waals surface area contributed by atoms with Gasteiger partial charge >= 0.3 is 5.97 Å². The van der Waals surface area contributed by atoms with Crippen LogP contribution in [0.1, 0.15) is 94.8 Å². The molecule has 2 heterocycles. The molecule has 2 fully saturated rings. The Bertz CT molecular complexity index is 1120. The third kappa shape index (κ3) is 11.3. The first-order chi connectivity index (χ1) is 21.0. The predicted octanol–water partition coefficient (Wildman–Crippen LogP) is 3.53. The number of carbonyl (C=O) groups is 5.